The van der Waals surface area contributed by atoms with Gasteiger partial charge >= 0.3 is 12.2 Å². The van der Waals surface area contributed by atoms with Crippen LogP contribution < -0.4 is 10.2 Å². The minimum Gasteiger partial charge on any atom is -0.308 e. The zero-order valence-corrected chi connectivity index (χ0v) is 15.2. The predicted octanol–water partition coefficient (Wildman–Crippen LogP) is 5.63. The summed E-state index contributed by atoms with van der Waals surface area (Å²) in [4.78, 5) is 13.9. The van der Waals surface area contributed by atoms with Crippen LogP contribution in [0.15, 0.2) is 48.5 Å². The highest BCUT2D eigenvalue weighted by molar-refractivity contribution is 6.21. The number of benzene rings is 2. The SMILES string of the molecule is CCC(Cl)CN(C(=O)Nc1ccc(C#N)cc1)c1cccc(C(F)(F)F)c1. The molecule has 1 atom stereocenters. The molecule has 0 fully saturated rings. The first kappa shape index (κ1) is 20.6. The van der Waals surface area contributed by atoms with Crippen molar-refractivity contribution in [3.63, 3.8) is 0 Å². The number of rotatable bonds is 5. The van der Waals surface area contributed by atoms with Crippen LogP contribution in [-0.2, 0) is 6.18 Å². The second kappa shape index (κ2) is 8.78. The monoisotopic (exact) mass is 395 g/mol. The van der Waals surface area contributed by atoms with Crippen LogP contribution in [0.3, 0.4) is 0 Å². The van der Waals surface area contributed by atoms with E-state index in [0.29, 0.717) is 17.7 Å². The quantitative estimate of drug-likeness (QED) is 0.667. The van der Waals surface area contributed by atoms with Crippen molar-refractivity contribution < 1.29 is 18.0 Å². The molecule has 2 amide bonds. The van der Waals surface area contributed by atoms with Crippen LogP contribution in [0, 0.1) is 11.3 Å². The minimum absolute atomic E-state index is 0.0431. The minimum atomic E-state index is -4.52. The number of carbonyl (C=O) groups is 1. The Morgan fingerprint density at radius 1 is 1.26 bits per heavy atom. The summed E-state index contributed by atoms with van der Waals surface area (Å²) in [5.41, 5.74) is 0.0852. The molecule has 0 saturated heterocycles. The molecule has 0 aliphatic rings. The molecule has 0 spiro atoms. The zero-order valence-electron chi connectivity index (χ0n) is 14.4. The summed E-state index contributed by atoms with van der Waals surface area (Å²) in [5, 5.41) is 11.0. The summed E-state index contributed by atoms with van der Waals surface area (Å²) in [7, 11) is 0. The fourth-order valence-corrected chi connectivity index (χ4v) is 2.44. The molecular formula is C19H17ClF3N3O. The van der Waals surface area contributed by atoms with Crippen LogP contribution in [0.1, 0.15) is 24.5 Å². The molecule has 0 aliphatic carbocycles. The van der Waals surface area contributed by atoms with E-state index < -0.39 is 23.1 Å². The molecule has 2 rings (SSSR count). The highest BCUT2D eigenvalue weighted by Gasteiger charge is 2.31. The number of anilines is 2. The van der Waals surface area contributed by atoms with Gasteiger partial charge < -0.3 is 5.32 Å². The Labute approximate surface area is 160 Å². The number of hydrogen-bond donors (Lipinski definition) is 1. The van der Waals surface area contributed by atoms with E-state index in [1.54, 1.807) is 12.1 Å². The number of halogens is 4. The molecule has 0 radical (unpaired) electrons. The first-order valence-corrected chi connectivity index (χ1v) is 8.58. The van der Waals surface area contributed by atoms with E-state index in [4.69, 9.17) is 16.9 Å². The number of amides is 2. The molecule has 0 aliphatic heterocycles. The number of carbonyl (C=O) groups excluding carboxylic acids is 1. The molecule has 27 heavy (non-hydrogen) atoms. The molecule has 0 saturated carbocycles. The average Bonchev–Trinajstić information content (AvgIpc) is 2.65. The van der Waals surface area contributed by atoms with Crippen LogP contribution in [-0.4, -0.2) is 18.0 Å². The van der Waals surface area contributed by atoms with E-state index in [-0.39, 0.29) is 12.2 Å². The van der Waals surface area contributed by atoms with E-state index in [9.17, 15) is 18.0 Å². The molecule has 0 bridgehead atoms. The maximum atomic E-state index is 13.0. The molecule has 0 aromatic heterocycles. The molecular weight excluding hydrogens is 379 g/mol. The molecule has 8 heteroatoms. The maximum Gasteiger partial charge on any atom is 0.416 e. The normalized spacial score (nSPS) is 12.1. The highest BCUT2D eigenvalue weighted by atomic mass is 35.5. The van der Waals surface area contributed by atoms with Gasteiger partial charge in [0.1, 0.15) is 0 Å². The number of hydrogen-bond acceptors (Lipinski definition) is 2. The third-order valence-corrected chi connectivity index (χ3v) is 4.27. The summed E-state index contributed by atoms with van der Waals surface area (Å²) in [6.07, 6.45) is -3.97. The predicted molar refractivity (Wildman–Crippen MR) is 98.9 cm³/mol. The van der Waals surface area contributed by atoms with Crippen molar-refractivity contribution in [3.8, 4) is 6.07 Å². The number of nitrogens with one attached hydrogen (secondary N) is 1. The van der Waals surface area contributed by atoms with Crippen molar-refractivity contribution in [1.29, 1.82) is 5.26 Å². The summed E-state index contributed by atoms with van der Waals surface area (Å²) in [6.45, 7) is 1.86. The van der Waals surface area contributed by atoms with Crippen LogP contribution >= 0.6 is 11.6 Å². The van der Waals surface area contributed by atoms with Crippen LogP contribution in [0.4, 0.5) is 29.3 Å². The lowest BCUT2D eigenvalue weighted by molar-refractivity contribution is -0.137. The van der Waals surface area contributed by atoms with Gasteiger partial charge in [-0.2, -0.15) is 18.4 Å². The third kappa shape index (κ3) is 5.63. The van der Waals surface area contributed by atoms with Gasteiger partial charge in [-0.15, -0.1) is 11.6 Å². The summed E-state index contributed by atoms with van der Waals surface area (Å²) >= 11 is 6.15. The second-order valence-corrected chi connectivity index (χ2v) is 6.40. The zero-order chi connectivity index (χ0) is 20.0. The molecule has 4 nitrogen and oxygen atoms in total. The lowest BCUT2D eigenvalue weighted by atomic mass is 10.1. The van der Waals surface area contributed by atoms with Crippen LogP contribution in [0.2, 0.25) is 0 Å². The molecule has 2 aromatic rings. The first-order chi connectivity index (χ1) is 12.7. The van der Waals surface area contributed by atoms with Gasteiger partial charge in [0.2, 0.25) is 0 Å². The standard InChI is InChI=1S/C19H17ClF3N3O/c1-2-15(20)12-26(17-5-3-4-14(10-17)19(21,22)23)18(27)25-16-8-6-13(11-24)7-9-16/h3-10,15H,2,12H2,1H3,(H,25,27). The Morgan fingerprint density at radius 2 is 1.93 bits per heavy atom. The lowest BCUT2D eigenvalue weighted by Crippen LogP contribution is -2.39. The largest absolute Gasteiger partial charge is 0.416 e. The molecule has 142 valence electrons. The van der Waals surface area contributed by atoms with E-state index in [1.165, 1.54) is 29.2 Å². The number of nitriles is 1. The van der Waals surface area contributed by atoms with Crippen molar-refractivity contribution in [2.24, 2.45) is 0 Å². The first-order valence-electron chi connectivity index (χ1n) is 8.14. The third-order valence-electron chi connectivity index (χ3n) is 3.82. The van der Waals surface area contributed by atoms with Gasteiger partial charge in [-0.05, 0) is 48.9 Å². The summed E-state index contributed by atoms with van der Waals surface area (Å²) in [6, 6.07) is 12.0. The lowest BCUT2D eigenvalue weighted by Gasteiger charge is -2.26. The fraction of sp³-hybridized carbons (Fsp3) is 0.263. The van der Waals surface area contributed by atoms with Gasteiger partial charge in [0.15, 0.2) is 0 Å². The Hall–Kier alpha value is -2.72. The Bertz CT molecular complexity index is 831. The topological polar surface area (TPSA) is 56.1 Å². The van der Waals surface area contributed by atoms with Crippen molar-refractivity contribution >= 4 is 29.0 Å². The second-order valence-electron chi connectivity index (χ2n) is 5.78. The van der Waals surface area contributed by atoms with Crippen LogP contribution in [0.5, 0.6) is 0 Å². The molecule has 2 aromatic carbocycles. The van der Waals surface area contributed by atoms with Gasteiger partial charge in [0.05, 0.1) is 22.6 Å². The van der Waals surface area contributed by atoms with Crippen molar-refractivity contribution in [2.75, 3.05) is 16.8 Å². The van der Waals surface area contributed by atoms with Gasteiger partial charge in [0.25, 0.3) is 0 Å². The maximum absolute atomic E-state index is 13.0. The number of alkyl halides is 4. The van der Waals surface area contributed by atoms with Crippen molar-refractivity contribution in [2.45, 2.75) is 24.9 Å². The number of nitrogens with zero attached hydrogens (tertiary/aromatic N) is 2. The molecule has 0 heterocycles. The van der Waals surface area contributed by atoms with Gasteiger partial charge in [-0.1, -0.05) is 13.0 Å². The van der Waals surface area contributed by atoms with Gasteiger partial charge in [-0.25, -0.2) is 4.79 Å². The van der Waals surface area contributed by atoms with Gasteiger partial charge in [-0.3, -0.25) is 4.90 Å². The van der Waals surface area contributed by atoms with Gasteiger partial charge in [0, 0.05) is 17.9 Å². The van der Waals surface area contributed by atoms with E-state index in [0.717, 1.165) is 12.1 Å². The Balaban J connectivity index is 2.30. The van der Waals surface area contributed by atoms with Crippen LogP contribution in [0.25, 0.3) is 0 Å². The summed E-state index contributed by atoms with van der Waals surface area (Å²) < 4.78 is 39.0. The van der Waals surface area contributed by atoms with E-state index >= 15 is 0 Å². The average molecular weight is 396 g/mol. The van der Waals surface area contributed by atoms with E-state index in [2.05, 4.69) is 5.32 Å². The Kier molecular flexibility index (Phi) is 6.70. The Morgan fingerprint density at radius 3 is 2.48 bits per heavy atom. The molecule has 1 unspecified atom stereocenters. The smallest absolute Gasteiger partial charge is 0.308 e. The van der Waals surface area contributed by atoms with Crippen molar-refractivity contribution in [3.05, 3.63) is 59.7 Å². The fourth-order valence-electron chi connectivity index (χ4n) is 2.30. The number of urea groups is 1. The summed E-state index contributed by atoms with van der Waals surface area (Å²) in [5.74, 6) is 0. The highest BCUT2D eigenvalue weighted by Crippen LogP contribution is 2.32. The van der Waals surface area contributed by atoms with E-state index in [1.807, 2.05) is 13.0 Å². The molecule has 1 N–H and O–H groups in total. The van der Waals surface area contributed by atoms with Crippen molar-refractivity contribution in [1.82, 2.24) is 0 Å².